The first-order valence-corrected chi connectivity index (χ1v) is 8.19. The van der Waals surface area contributed by atoms with Gasteiger partial charge in [0, 0.05) is 6.21 Å². The highest BCUT2D eigenvalue weighted by atomic mass is 16.2. The zero-order chi connectivity index (χ0) is 17.2. The molecule has 1 atom stereocenters. The summed E-state index contributed by atoms with van der Waals surface area (Å²) in [4.78, 5) is 17.2. The van der Waals surface area contributed by atoms with Crippen LogP contribution in [0.1, 0.15) is 6.92 Å². The van der Waals surface area contributed by atoms with Crippen molar-refractivity contribution in [2.45, 2.75) is 6.92 Å². The van der Waals surface area contributed by atoms with Crippen molar-refractivity contribution in [2.75, 3.05) is 5.01 Å². The van der Waals surface area contributed by atoms with Crippen molar-refractivity contribution in [3.05, 3.63) is 72.8 Å². The third kappa shape index (κ3) is 2.94. The van der Waals surface area contributed by atoms with Crippen LogP contribution < -0.4 is 5.01 Å². The van der Waals surface area contributed by atoms with Crippen LogP contribution in [0, 0.1) is 5.92 Å². The van der Waals surface area contributed by atoms with Gasteiger partial charge in [-0.1, -0.05) is 48.5 Å². The normalized spacial score (nSPS) is 17.5. The molecule has 0 radical (unpaired) electrons. The fourth-order valence-corrected chi connectivity index (χ4v) is 2.92. The Hall–Kier alpha value is -3.27. The number of hydrazone groups is 1. The Balaban J connectivity index is 1.58. The summed E-state index contributed by atoms with van der Waals surface area (Å²) in [5.41, 5.74) is 2.35. The van der Waals surface area contributed by atoms with Crippen LogP contribution in [0.2, 0.25) is 0 Å². The molecule has 3 aromatic rings. The van der Waals surface area contributed by atoms with Crippen LogP contribution in [0.25, 0.3) is 10.8 Å². The zero-order valence-electron chi connectivity index (χ0n) is 13.8. The van der Waals surface area contributed by atoms with E-state index in [2.05, 4.69) is 22.2 Å². The van der Waals surface area contributed by atoms with E-state index in [0.29, 0.717) is 0 Å². The summed E-state index contributed by atoms with van der Waals surface area (Å²) < 4.78 is 0. The van der Waals surface area contributed by atoms with Crippen molar-refractivity contribution < 1.29 is 4.79 Å². The average Bonchev–Trinajstić information content (AvgIpc) is 2.94. The SMILES string of the molecule is CC1=NN(c2ccccc2)C(=O)C1C=Nc1ccc2ccccc2c1. The predicted octanol–water partition coefficient (Wildman–Crippen LogP) is 4.58. The van der Waals surface area contributed by atoms with Gasteiger partial charge in [-0.05, 0) is 42.0 Å². The number of carbonyl (C=O) groups is 1. The quantitative estimate of drug-likeness (QED) is 0.649. The second-order valence-corrected chi connectivity index (χ2v) is 6.01. The lowest BCUT2D eigenvalue weighted by Gasteiger charge is -2.12. The van der Waals surface area contributed by atoms with Crippen molar-refractivity contribution in [2.24, 2.45) is 16.0 Å². The van der Waals surface area contributed by atoms with Crippen LogP contribution in [0.15, 0.2) is 82.9 Å². The lowest BCUT2D eigenvalue weighted by Crippen LogP contribution is -2.27. The first kappa shape index (κ1) is 15.3. The molecule has 0 fully saturated rings. The Kier molecular flexibility index (Phi) is 3.86. The minimum Gasteiger partial charge on any atom is -0.271 e. The van der Waals surface area contributed by atoms with E-state index in [1.807, 2.05) is 67.6 Å². The number of anilines is 1. The number of amides is 1. The molecule has 0 aliphatic carbocycles. The van der Waals surface area contributed by atoms with Crippen molar-refractivity contribution >= 4 is 40.0 Å². The number of aliphatic imine (C=N–C) groups is 1. The van der Waals surface area contributed by atoms with Gasteiger partial charge in [0.25, 0.3) is 5.91 Å². The molecule has 0 saturated heterocycles. The van der Waals surface area contributed by atoms with E-state index in [9.17, 15) is 4.79 Å². The lowest BCUT2D eigenvalue weighted by atomic mass is 10.1. The van der Waals surface area contributed by atoms with Crippen molar-refractivity contribution in [3.63, 3.8) is 0 Å². The predicted molar refractivity (Wildman–Crippen MR) is 103 cm³/mol. The molecule has 1 amide bonds. The number of benzene rings is 3. The van der Waals surface area contributed by atoms with Gasteiger partial charge in [-0.25, -0.2) is 0 Å². The summed E-state index contributed by atoms with van der Waals surface area (Å²) in [6.07, 6.45) is 1.69. The van der Waals surface area contributed by atoms with Gasteiger partial charge in [-0.3, -0.25) is 9.79 Å². The highest BCUT2D eigenvalue weighted by molar-refractivity contribution is 6.23. The number of carbonyl (C=O) groups excluding carboxylic acids is 1. The Bertz CT molecular complexity index is 992. The Morgan fingerprint density at radius 2 is 1.68 bits per heavy atom. The second-order valence-electron chi connectivity index (χ2n) is 6.01. The molecule has 0 bridgehead atoms. The van der Waals surface area contributed by atoms with Crippen LogP contribution in [0.5, 0.6) is 0 Å². The molecule has 1 aliphatic rings. The van der Waals surface area contributed by atoms with Gasteiger partial charge in [-0.2, -0.15) is 10.1 Å². The van der Waals surface area contributed by atoms with Crippen LogP contribution in [0.3, 0.4) is 0 Å². The lowest BCUT2D eigenvalue weighted by molar-refractivity contribution is -0.118. The first-order chi connectivity index (χ1) is 12.2. The maximum absolute atomic E-state index is 12.7. The molecule has 4 heteroatoms. The molecule has 4 rings (SSSR count). The van der Waals surface area contributed by atoms with E-state index in [4.69, 9.17) is 0 Å². The van der Waals surface area contributed by atoms with Crippen molar-refractivity contribution in [1.29, 1.82) is 0 Å². The molecule has 1 heterocycles. The maximum atomic E-state index is 12.7. The van der Waals surface area contributed by atoms with E-state index in [1.165, 1.54) is 10.4 Å². The monoisotopic (exact) mass is 327 g/mol. The van der Waals surface area contributed by atoms with Crippen LogP contribution in [0.4, 0.5) is 11.4 Å². The van der Waals surface area contributed by atoms with E-state index in [-0.39, 0.29) is 5.91 Å². The molecule has 122 valence electrons. The summed E-state index contributed by atoms with van der Waals surface area (Å²) in [6, 6.07) is 23.6. The van der Waals surface area contributed by atoms with Gasteiger partial charge in [-0.15, -0.1) is 0 Å². The van der Waals surface area contributed by atoms with Gasteiger partial charge in [0.2, 0.25) is 0 Å². The Labute approximate surface area is 146 Å². The number of rotatable bonds is 3. The van der Waals surface area contributed by atoms with Gasteiger partial charge in [0.15, 0.2) is 0 Å². The summed E-state index contributed by atoms with van der Waals surface area (Å²) in [6.45, 7) is 1.86. The van der Waals surface area contributed by atoms with Crippen LogP contribution in [-0.4, -0.2) is 17.8 Å². The van der Waals surface area contributed by atoms with Crippen molar-refractivity contribution in [1.82, 2.24) is 0 Å². The van der Waals surface area contributed by atoms with E-state index in [1.54, 1.807) is 6.21 Å². The Morgan fingerprint density at radius 3 is 2.48 bits per heavy atom. The van der Waals surface area contributed by atoms with E-state index in [0.717, 1.165) is 22.5 Å². The Morgan fingerprint density at radius 1 is 0.960 bits per heavy atom. The molecule has 1 aliphatic heterocycles. The molecule has 25 heavy (non-hydrogen) atoms. The highest BCUT2D eigenvalue weighted by Crippen LogP contribution is 2.24. The summed E-state index contributed by atoms with van der Waals surface area (Å²) in [5, 5.41) is 8.15. The van der Waals surface area contributed by atoms with Gasteiger partial charge in [0.1, 0.15) is 5.92 Å². The molecule has 0 N–H and O–H groups in total. The smallest absolute Gasteiger partial charge is 0.261 e. The van der Waals surface area contributed by atoms with Crippen LogP contribution >= 0.6 is 0 Å². The summed E-state index contributed by atoms with van der Waals surface area (Å²) in [7, 11) is 0. The van der Waals surface area contributed by atoms with Gasteiger partial charge < -0.3 is 0 Å². The minimum atomic E-state index is -0.424. The minimum absolute atomic E-state index is 0.0757. The number of fused-ring (bicyclic) bond motifs is 1. The highest BCUT2D eigenvalue weighted by Gasteiger charge is 2.33. The molecule has 0 spiro atoms. The largest absolute Gasteiger partial charge is 0.271 e. The summed E-state index contributed by atoms with van der Waals surface area (Å²) >= 11 is 0. The summed E-state index contributed by atoms with van der Waals surface area (Å²) in [5.74, 6) is -0.500. The second kappa shape index (κ2) is 6.32. The van der Waals surface area contributed by atoms with Crippen LogP contribution in [-0.2, 0) is 4.79 Å². The molecule has 4 nitrogen and oxygen atoms in total. The fourth-order valence-electron chi connectivity index (χ4n) is 2.92. The number of para-hydroxylation sites is 1. The molecule has 3 aromatic carbocycles. The zero-order valence-corrected chi connectivity index (χ0v) is 13.8. The number of hydrogen-bond acceptors (Lipinski definition) is 3. The topological polar surface area (TPSA) is 45.0 Å². The number of hydrogen-bond donors (Lipinski definition) is 0. The standard InChI is InChI=1S/C21H17N3O/c1-15-20(21(25)24(23-15)19-9-3-2-4-10-19)14-22-18-12-11-16-7-5-6-8-17(16)13-18/h2-14,20H,1H3. The molecular weight excluding hydrogens is 310 g/mol. The van der Waals surface area contributed by atoms with Gasteiger partial charge >= 0.3 is 0 Å². The van der Waals surface area contributed by atoms with Gasteiger partial charge in [0.05, 0.1) is 17.1 Å². The third-order valence-corrected chi connectivity index (χ3v) is 4.29. The molecule has 1 unspecified atom stereocenters. The average molecular weight is 327 g/mol. The molecule has 0 saturated carbocycles. The van der Waals surface area contributed by atoms with E-state index < -0.39 is 5.92 Å². The fraction of sp³-hybridized carbons (Fsp3) is 0.0952. The maximum Gasteiger partial charge on any atom is 0.261 e. The molecular formula is C21H17N3O. The number of nitrogens with zero attached hydrogens (tertiary/aromatic N) is 3. The third-order valence-electron chi connectivity index (χ3n) is 4.29. The molecule has 0 aromatic heterocycles. The first-order valence-electron chi connectivity index (χ1n) is 8.19. The van der Waals surface area contributed by atoms with E-state index >= 15 is 0 Å². The van der Waals surface area contributed by atoms with Crippen molar-refractivity contribution in [3.8, 4) is 0 Å².